The van der Waals surface area contributed by atoms with Gasteiger partial charge in [0.1, 0.15) is 11.9 Å². The van der Waals surface area contributed by atoms with E-state index in [1.54, 1.807) is 11.1 Å². The van der Waals surface area contributed by atoms with Gasteiger partial charge in [-0.1, -0.05) is 18.2 Å². The van der Waals surface area contributed by atoms with Crippen LogP contribution in [0.15, 0.2) is 36.7 Å². The summed E-state index contributed by atoms with van der Waals surface area (Å²) in [7, 11) is 1.87. The molecule has 6 nitrogen and oxygen atoms in total. The number of rotatable bonds is 3. The average molecular weight is 328 g/mol. The van der Waals surface area contributed by atoms with Crippen molar-refractivity contribution in [2.24, 2.45) is 13.0 Å². The molecule has 0 saturated carbocycles. The second-order valence-electron chi connectivity index (χ2n) is 6.43. The van der Waals surface area contributed by atoms with Gasteiger partial charge in [-0.25, -0.2) is 9.78 Å². The molecule has 2 unspecified atom stereocenters. The Morgan fingerprint density at radius 1 is 1.42 bits per heavy atom. The highest BCUT2D eigenvalue weighted by Gasteiger charge is 2.31. The van der Waals surface area contributed by atoms with Crippen molar-refractivity contribution in [1.29, 1.82) is 0 Å². The van der Waals surface area contributed by atoms with E-state index in [-0.39, 0.29) is 11.9 Å². The highest BCUT2D eigenvalue weighted by Crippen LogP contribution is 2.29. The molecule has 0 spiro atoms. The molecule has 128 valence electrons. The summed E-state index contributed by atoms with van der Waals surface area (Å²) in [6.07, 6.45) is 4.63. The first-order valence-corrected chi connectivity index (χ1v) is 8.33. The SMILES string of the molecule is Cc1ccccc1NC(=O)N1CCCC(C(O)c2nccn2C)C1. The zero-order chi connectivity index (χ0) is 17.1. The number of anilines is 1. The van der Waals surface area contributed by atoms with Gasteiger partial charge in [0.2, 0.25) is 0 Å². The maximum Gasteiger partial charge on any atom is 0.321 e. The molecule has 2 aromatic rings. The largest absolute Gasteiger partial charge is 0.385 e. The van der Waals surface area contributed by atoms with Crippen molar-refractivity contribution in [2.45, 2.75) is 25.9 Å². The second-order valence-corrected chi connectivity index (χ2v) is 6.43. The number of aromatic nitrogens is 2. The van der Waals surface area contributed by atoms with Gasteiger partial charge in [-0.05, 0) is 31.4 Å². The second kappa shape index (κ2) is 7.05. The summed E-state index contributed by atoms with van der Waals surface area (Å²) in [6.45, 7) is 3.21. The smallest absolute Gasteiger partial charge is 0.321 e. The normalized spacial score (nSPS) is 19.1. The highest BCUT2D eigenvalue weighted by atomic mass is 16.3. The lowest BCUT2D eigenvalue weighted by molar-refractivity contribution is 0.0552. The van der Waals surface area contributed by atoms with E-state index in [1.165, 1.54) is 0 Å². The maximum atomic E-state index is 12.6. The van der Waals surface area contributed by atoms with Gasteiger partial charge in [0.25, 0.3) is 0 Å². The molecule has 3 rings (SSSR count). The minimum absolute atomic E-state index is 0.00229. The topological polar surface area (TPSA) is 70.4 Å². The fraction of sp³-hybridized carbons (Fsp3) is 0.444. The molecule has 1 aliphatic rings. The Labute approximate surface area is 142 Å². The predicted octanol–water partition coefficient (Wildman–Crippen LogP) is 2.71. The van der Waals surface area contributed by atoms with E-state index in [9.17, 15) is 9.90 Å². The molecule has 1 aromatic heterocycles. The summed E-state index contributed by atoms with van der Waals surface area (Å²) in [5.74, 6) is 0.656. The van der Waals surface area contributed by atoms with E-state index in [0.717, 1.165) is 24.1 Å². The number of aliphatic hydroxyl groups excluding tert-OH is 1. The van der Waals surface area contributed by atoms with Crippen LogP contribution in [0.1, 0.15) is 30.3 Å². The van der Waals surface area contributed by atoms with Gasteiger partial charge in [-0.2, -0.15) is 0 Å². The van der Waals surface area contributed by atoms with Crippen LogP contribution in [-0.4, -0.2) is 38.7 Å². The summed E-state index contributed by atoms with van der Waals surface area (Å²) in [5.41, 5.74) is 1.86. The van der Waals surface area contributed by atoms with E-state index in [1.807, 2.05) is 49.0 Å². The van der Waals surface area contributed by atoms with E-state index in [2.05, 4.69) is 10.3 Å². The Morgan fingerprint density at radius 2 is 2.21 bits per heavy atom. The van der Waals surface area contributed by atoms with Crippen LogP contribution in [0.2, 0.25) is 0 Å². The maximum absolute atomic E-state index is 12.6. The average Bonchev–Trinajstić information content (AvgIpc) is 3.02. The number of likely N-dealkylation sites (tertiary alicyclic amines) is 1. The van der Waals surface area contributed by atoms with Crippen molar-refractivity contribution in [3.8, 4) is 0 Å². The molecule has 2 amide bonds. The Balaban J connectivity index is 1.66. The molecule has 2 N–H and O–H groups in total. The number of aliphatic hydroxyl groups is 1. The molecule has 0 radical (unpaired) electrons. The number of hydrogen-bond donors (Lipinski definition) is 2. The van der Waals surface area contributed by atoms with Crippen molar-refractivity contribution >= 4 is 11.7 Å². The Kier molecular flexibility index (Phi) is 4.85. The monoisotopic (exact) mass is 328 g/mol. The minimum Gasteiger partial charge on any atom is -0.385 e. The van der Waals surface area contributed by atoms with Crippen LogP contribution in [0.25, 0.3) is 0 Å². The number of urea groups is 1. The number of hydrogen-bond acceptors (Lipinski definition) is 3. The molecule has 1 fully saturated rings. The van der Waals surface area contributed by atoms with Crippen LogP contribution in [-0.2, 0) is 7.05 Å². The molecule has 0 bridgehead atoms. The van der Waals surface area contributed by atoms with E-state index in [0.29, 0.717) is 18.9 Å². The molecular formula is C18H24N4O2. The fourth-order valence-corrected chi connectivity index (χ4v) is 3.23. The molecule has 6 heteroatoms. The van der Waals surface area contributed by atoms with Gasteiger partial charge < -0.3 is 19.9 Å². The van der Waals surface area contributed by atoms with Crippen LogP contribution in [0.3, 0.4) is 0 Å². The highest BCUT2D eigenvalue weighted by molar-refractivity contribution is 5.90. The fourth-order valence-electron chi connectivity index (χ4n) is 3.23. The lowest BCUT2D eigenvalue weighted by Gasteiger charge is -2.35. The number of carbonyl (C=O) groups excluding carboxylic acids is 1. The number of amides is 2. The summed E-state index contributed by atoms with van der Waals surface area (Å²) in [5, 5.41) is 13.6. The standard InChI is InChI=1S/C18H24N4O2/c1-13-6-3-4-8-15(13)20-18(24)22-10-5-7-14(12-22)16(23)17-19-9-11-21(17)2/h3-4,6,8-9,11,14,16,23H,5,7,10,12H2,1-2H3,(H,20,24). The molecule has 1 aliphatic heterocycles. The molecule has 1 saturated heterocycles. The summed E-state index contributed by atoms with van der Waals surface area (Å²) in [6, 6.07) is 7.62. The van der Waals surface area contributed by atoms with Crippen LogP contribution >= 0.6 is 0 Å². The quantitative estimate of drug-likeness (QED) is 0.910. The molecule has 2 heterocycles. The lowest BCUT2D eigenvalue weighted by atomic mass is 9.92. The van der Waals surface area contributed by atoms with Crippen molar-refractivity contribution in [3.63, 3.8) is 0 Å². The number of benzene rings is 1. The van der Waals surface area contributed by atoms with E-state index >= 15 is 0 Å². The molecular weight excluding hydrogens is 304 g/mol. The lowest BCUT2D eigenvalue weighted by Crippen LogP contribution is -2.44. The third-order valence-electron chi connectivity index (χ3n) is 4.70. The van der Waals surface area contributed by atoms with Crippen molar-refractivity contribution in [1.82, 2.24) is 14.5 Å². The van der Waals surface area contributed by atoms with Crippen LogP contribution < -0.4 is 5.32 Å². The summed E-state index contributed by atoms with van der Waals surface area (Å²) >= 11 is 0. The number of carbonyl (C=O) groups is 1. The number of nitrogens with zero attached hydrogens (tertiary/aromatic N) is 3. The van der Waals surface area contributed by atoms with Crippen molar-refractivity contribution < 1.29 is 9.90 Å². The summed E-state index contributed by atoms with van der Waals surface area (Å²) < 4.78 is 1.83. The van der Waals surface area contributed by atoms with Gasteiger partial charge in [-0.15, -0.1) is 0 Å². The Hall–Kier alpha value is -2.34. The number of nitrogens with one attached hydrogen (secondary N) is 1. The van der Waals surface area contributed by atoms with Gasteiger partial charge in [0, 0.05) is 44.1 Å². The van der Waals surface area contributed by atoms with Gasteiger partial charge >= 0.3 is 6.03 Å². The van der Waals surface area contributed by atoms with Gasteiger partial charge in [-0.3, -0.25) is 0 Å². The third-order valence-corrected chi connectivity index (χ3v) is 4.70. The van der Waals surface area contributed by atoms with E-state index < -0.39 is 6.10 Å². The van der Waals surface area contributed by atoms with Crippen molar-refractivity contribution in [3.05, 3.63) is 48.0 Å². The minimum atomic E-state index is -0.654. The van der Waals surface area contributed by atoms with Gasteiger partial charge in [0.05, 0.1) is 0 Å². The van der Waals surface area contributed by atoms with Crippen LogP contribution in [0, 0.1) is 12.8 Å². The van der Waals surface area contributed by atoms with Gasteiger partial charge in [0.15, 0.2) is 0 Å². The zero-order valence-electron chi connectivity index (χ0n) is 14.1. The molecule has 2 atom stereocenters. The first-order valence-electron chi connectivity index (χ1n) is 8.33. The molecule has 0 aliphatic carbocycles. The molecule has 1 aromatic carbocycles. The van der Waals surface area contributed by atoms with Crippen LogP contribution in [0.5, 0.6) is 0 Å². The Morgan fingerprint density at radius 3 is 2.92 bits per heavy atom. The van der Waals surface area contributed by atoms with Crippen LogP contribution in [0.4, 0.5) is 10.5 Å². The summed E-state index contributed by atoms with van der Waals surface area (Å²) in [4.78, 5) is 18.6. The first-order chi connectivity index (χ1) is 11.6. The third kappa shape index (κ3) is 3.43. The number of para-hydroxylation sites is 1. The predicted molar refractivity (Wildman–Crippen MR) is 92.7 cm³/mol. The first kappa shape index (κ1) is 16.5. The molecule has 24 heavy (non-hydrogen) atoms. The number of aryl methyl sites for hydroxylation is 2. The van der Waals surface area contributed by atoms with E-state index in [4.69, 9.17) is 0 Å². The number of piperidine rings is 1. The Bertz CT molecular complexity index is 713. The number of imidazole rings is 1. The van der Waals surface area contributed by atoms with Crippen molar-refractivity contribution in [2.75, 3.05) is 18.4 Å². The zero-order valence-corrected chi connectivity index (χ0v) is 14.1.